The minimum Gasteiger partial charge on any atom is -0.478 e. The number of hydrogen-bond donors (Lipinski definition) is 2. The molecule has 90 valence electrons. The Bertz CT molecular complexity index is 731. The zero-order valence-electron chi connectivity index (χ0n) is 8.98. The quantitative estimate of drug-likeness (QED) is 0.728. The van der Waals surface area contributed by atoms with E-state index >= 15 is 0 Å². The van der Waals surface area contributed by atoms with Crippen molar-refractivity contribution in [3.63, 3.8) is 0 Å². The first kappa shape index (κ1) is 10.5. The second kappa shape index (κ2) is 3.69. The molecule has 0 radical (unpaired) electrons. The molecule has 6 heteroatoms. The van der Waals surface area contributed by atoms with Gasteiger partial charge in [-0.3, -0.25) is 0 Å². The normalized spacial score (nSPS) is 10.9. The Balaban J connectivity index is 2.29. The Morgan fingerprint density at radius 2 is 2.28 bits per heavy atom. The number of aromatic nitrogens is 2. The molecule has 2 N–H and O–H groups in total. The summed E-state index contributed by atoms with van der Waals surface area (Å²) in [5.41, 5.74) is 0.341. The molecular formula is C12H7FN2O3. The van der Waals surface area contributed by atoms with Crippen LogP contribution in [-0.2, 0) is 0 Å². The van der Waals surface area contributed by atoms with Gasteiger partial charge in [-0.05, 0) is 24.3 Å². The smallest absolute Gasteiger partial charge is 0.338 e. The van der Waals surface area contributed by atoms with Crippen molar-refractivity contribution in [3.05, 3.63) is 41.9 Å². The molecule has 0 fully saturated rings. The van der Waals surface area contributed by atoms with Gasteiger partial charge in [0.15, 0.2) is 11.6 Å². The average Bonchev–Trinajstić information content (AvgIpc) is 2.95. The van der Waals surface area contributed by atoms with E-state index in [9.17, 15) is 9.18 Å². The Morgan fingerprint density at radius 3 is 2.94 bits per heavy atom. The highest BCUT2D eigenvalue weighted by Crippen LogP contribution is 2.24. The first-order valence-electron chi connectivity index (χ1n) is 5.11. The van der Waals surface area contributed by atoms with E-state index in [0.29, 0.717) is 17.1 Å². The van der Waals surface area contributed by atoms with Crippen LogP contribution in [0.2, 0.25) is 0 Å². The van der Waals surface area contributed by atoms with Crippen molar-refractivity contribution in [1.29, 1.82) is 0 Å². The number of aromatic amines is 1. The highest BCUT2D eigenvalue weighted by molar-refractivity contribution is 6.01. The highest BCUT2D eigenvalue weighted by atomic mass is 19.1. The zero-order chi connectivity index (χ0) is 12.7. The predicted octanol–water partition coefficient (Wildman–Crippen LogP) is 2.66. The van der Waals surface area contributed by atoms with Crippen LogP contribution in [0.25, 0.3) is 22.6 Å². The number of carboxylic acids is 1. The molecule has 0 atom stereocenters. The molecule has 18 heavy (non-hydrogen) atoms. The molecule has 0 unspecified atom stereocenters. The number of furan rings is 1. The summed E-state index contributed by atoms with van der Waals surface area (Å²) in [6, 6.07) is 5.49. The van der Waals surface area contributed by atoms with Crippen molar-refractivity contribution >= 4 is 17.0 Å². The van der Waals surface area contributed by atoms with E-state index in [4.69, 9.17) is 9.52 Å². The molecule has 1 aromatic carbocycles. The van der Waals surface area contributed by atoms with Crippen LogP contribution in [0.4, 0.5) is 4.39 Å². The van der Waals surface area contributed by atoms with Crippen LogP contribution in [0.1, 0.15) is 10.4 Å². The summed E-state index contributed by atoms with van der Waals surface area (Å²) >= 11 is 0. The van der Waals surface area contributed by atoms with Gasteiger partial charge >= 0.3 is 5.97 Å². The minimum absolute atomic E-state index is 0.181. The van der Waals surface area contributed by atoms with Crippen LogP contribution in [0, 0.1) is 5.82 Å². The molecule has 0 amide bonds. The van der Waals surface area contributed by atoms with Crippen molar-refractivity contribution in [2.45, 2.75) is 0 Å². The first-order chi connectivity index (χ1) is 8.65. The number of H-pyrrole nitrogens is 1. The Labute approximate surface area is 99.9 Å². The van der Waals surface area contributed by atoms with Crippen LogP contribution >= 0.6 is 0 Å². The maximum absolute atomic E-state index is 13.3. The number of carbonyl (C=O) groups is 1. The lowest BCUT2D eigenvalue weighted by atomic mass is 10.2. The van der Waals surface area contributed by atoms with E-state index in [1.807, 2.05) is 0 Å². The third-order valence-corrected chi connectivity index (χ3v) is 2.54. The van der Waals surface area contributed by atoms with Gasteiger partial charge in [-0.2, -0.15) is 0 Å². The van der Waals surface area contributed by atoms with Crippen LogP contribution < -0.4 is 0 Å². The number of rotatable bonds is 2. The topological polar surface area (TPSA) is 79.1 Å². The van der Waals surface area contributed by atoms with E-state index < -0.39 is 11.8 Å². The van der Waals surface area contributed by atoms with Crippen LogP contribution in [0.3, 0.4) is 0 Å². The summed E-state index contributed by atoms with van der Waals surface area (Å²) in [5, 5.41) is 9.00. The number of nitrogens with one attached hydrogen (secondary N) is 1. The molecule has 0 saturated heterocycles. The van der Waals surface area contributed by atoms with E-state index in [1.165, 1.54) is 12.3 Å². The van der Waals surface area contributed by atoms with Crippen molar-refractivity contribution in [3.8, 4) is 11.6 Å². The summed E-state index contributed by atoms with van der Waals surface area (Å²) in [5.74, 6) is -1.03. The van der Waals surface area contributed by atoms with Crippen molar-refractivity contribution in [2.24, 2.45) is 0 Å². The van der Waals surface area contributed by atoms with Gasteiger partial charge in [0.2, 0.25) is 0 Å². The van der Waals surface area contributed by atoms with Crippen molar-refractivity contribution in [1.82, 2.24) is 9.97 Å². The number of imidazole rings is 1. The summed E-state index contributed by atoms with van der Waals surface area (Å²) < 4.78 is 18.4. The number of benzene rings is 1. The maximum atomic E-state index is 13.3. The molecule has 0 saturated carbocycles. The second-order valence-corrected chi connectivity index (χ2v) is 3.72. The van der Waals surface area contributed by atoms with Gasteiger partial charge in [0.25, 0.3) is 0 Å². The lowest BCUT2D eigenvalue weighted by Gasteiger charge is -1.95. The van der Waals surface area contributed by atoms with Crippen LogP contribution in [0.5, 0.6) is 0 Å². The van der Waals surface area contributed by atoms with Gasteiger partial charge in [-0.15, -0.1) is 0 Å². The van der Waals surface area contributed by atoms with Gasteiger partial charge in [0, 0.05) is 0 Å². The van der Waals surface area contributed by atoms with Gasteiger partial charge < -0.3 is 14.5 Å². The fraction of sp³-hybridized carbons (Fsp3) is 0. The summed E-state index contributed by atoms with van der Waals surface area (Å²) in [4.78, 5) is 18.0. The summed E-state index contributed by atoms with van der Waals surface area (Å²) in [6.45, 7) is 0. The largest absolute Gasteiger partial charge is 0.478 e. The fourth-order valence-corrected chi connectivity index (χ4v) is 1.78. The molecule has 2 aromatic heterocycles. The van der Waals surface area contributed by atoms with Crippen molar-refractivity contribution < 1.29 is 18.7 Å². The van der Waals surface area contributed by atoms with E-state index in [-0.39, 0.29) is 11.1 Å². The molecule has 0 bridgehead atoms. The van der Waals surface area contributed by atoms with Crippen LogP contribution in [0.15, 0.2) is 34.9 Å². The first-order valence-corrected chi connectivity index (χ1v) is 5.11. The molecule has 0 aliphatic heterocycles. The van der Waals surface area contributed by atoms with Gasteiger partial charge in [-0.25, -0.2) is 14.2 Å². The lowest BCUT2D eigenvalue weighted by molar-refractivity contribution is 0.0698. The fourth-order valence-electron chi connectivity index (χ4n) is 1.78. The van der Waals surface area contributed by atoms with Crippen molar-refractivity contribution in [2.75, 3.05) is 0 Å². The Kier molecular flexibility index (Phi) is 2.16. The maximum Gasteiger partial charge on any atom is 0.338 e. The predicted molar refractivity (Wildman–Crippen MR) is 60.7 cm³/mol. The molecular weight excluding hydrogens is 239 g/mol. The molecule has 3 aromatic rings. The molecule has 0 aliphatic carbocycles. The SMILES string of the molecule is O=C(O)c1cc(F)cc2[nH]c(-c3ccco3)nc12. The number of halogens is 1. The standard InChI is InChI=1S/C12H7FN2O3/c13-6-4-7(12(16)17)10-8(5-6)14-11(15-10)9-2-1-3-18-9/h1-5H,(H,14,15)(H,16,17). The Morgan fingerprint density at radius 1 is 1.44 bits per heavy atom. The van der Waals surface area contributed by atoms with Gasteiger partial charge in [0.1, 0.15) is 11.3 Å². The lowest BCUT2D eigenvalue weighted by Crippen LogP contribution is -1.98. The van der Waals surface area contributed by atoms with Crippen LogP contribution in [-0.4, -0.2) is 21.0 Å². The molecule has 3 rings (SSSR count). The number of carboxylic acid groups (broad SMARTS) is 1. The molecule has 2 heterocycles. The van der Waals surface area contributed by atoms with E-state index in [2.05, 4.69) is 9.97 Å². The summed E-state index contributed by atoms with van der Waals surface area (Å²) in [6.07, 6.45) is 1.47. The number of hydrogen-bond acceptors (Lipinski definition) is 3. The second-order valence-electron chi connectivity index (χ2n) is 3.72. The Hall–Kier alpha value is -2.63. The molecule has 0 spiro atoms. The average molecular weight is 246 g/mol. The highest BCUT2D eigenvalue weighted by Gasteiger charge is 2.16. The third kappa shape index (κ3) is 1.55. The van der Waals surface area contributed by atoms with Gasteiger partial charge in [0.05, 0.1) is 17.3 Å². The number of fused-ring (bicyclic) bond motifs is 1. The van der Waals surface area contributed by atoms with E-state index in [0.717, 1.165) is 6.07 Å². The monoisotopic (exact) mass is 246 g/mol. The zero-order valence-corrected chi connectivity index (χ0v) is 8.98. The number of aromatic carboxylic acids is 1. The van der Waals surface area contributed by atoms with E-state index in [1.54, 1.807) is 12.1 Å². The van der Waals surface area contributed by atoms with Gasteiger partial charge in [-0.1, -0.05) is 0 Å². The minimum atomic E-state index is -1.23. The molecule has 5 nitrogen and oxygen atoms in total. The number of nitrogens with zero attached hydrogens (tertiary/aromatic N) is 1. The summed E-state index contributed by atoms with van der Waals surface area (Å²) in [7, 11) is 0. The third-order valence-electron chi connectivity index (χ3n) is 2.54. The molecule has 0 aliphatic rings.